The van der Waals surface area contributed by atoms with Gasteiger partial charge >= 0.3 is 5.97 Å². The number of carboxylic acids is 1. The van der Waals surface area contributed by atoms with Gasteiger partial charge in [-0.2, -0.15) is 0 Å². The monoisotopic (exact) mass is 444 g/mol. The van der Waals surface area contributed by atoms with E-state index in [0.29, 0.717) is 22.9 Å². The molecule has 0 spiro atoms. The molecule has 1 unspecified atom stereocenters. The lowest BCUT2D eigenvalue weighted by Crippen LogP contribution is -2.39. The third-order valence-electron chi connectivity index (χ3n) is 5.84. The van der Waals surface area contributed by atoms with Crippen LogP contribution in [0.25, 0.3) is 0 Å². The van der Waals surface area contributed by atoms with Gasteiger partial charge in [-0.25, -0.2) is 9.97 Å². The highest BCUT2D eigenvalue weighted by atomic mass is 35.5. The lowest BCUT2D eigenvalue weighted by atomic mass is 9.92. The number of aliphatic carboxylic acids is 1. The topological polar surface area (TPSA) is 78.4 Å². The summed E-state index contributed by atoms with van der Waals surface area (Å²) in [6.45, 7) is 7.41. The van der Waals surface area contributed by atoms with E-state index >= 15 is 0 Å². The van der Waals surface area contributed by atoms with Crippen LogP contribution in [-0.4, -0.2) is 33.6 Å². The zero-order valence-electron chi connectivity index (χ0n) is 18.6. The molecule has 2 N–H and O–H groups in total. The second kappa shape index (κ2) is 10.8. The molecule has 1 aliphatic rings. The summed E-state index contributed by atoms with van der Waals surface area (Å²) in [5.74, 6) is 0.257. The number of nitrogens with zero attached hydrogens (tertiary/aromatic N) is 3. The van der Waals surface area contributed by atoms with Crippen LogP contribution in [0.4, 0.5) is 17.2 Å². The summed E-state index contributed by atoms with van der Waals surface area (Å²) in [6, 6.07) is 6.78. The van der Waals surface area contributed by atoms with Gasteiger partial charge in [-0.15, -0.1) is 0 Å². The maximum absolute atomic E-state index is 11.2. The zero-order valence-corrected chi connectivity index (χ0v) is 19.4. The number of halogens is 1. The molecule has 0 aliphatic heterocycles. The molecule has 1 aromatic carbocycles. The number of carboxylic acid groups (broad SMARTS) is 1. The molecule has 2 aromatic rings. The van der Waals surface area contributed by atoms with Gasteiger partial charge in [-0.1, -0.05) is 57.7 Å². The van der Waals surface area contributed by atoms with Crippen LogP contribution >= 0.6 is 11.6 Å². The van der Waals surface area contributed by atoms with Crippen molar-refractivity contribution < 1.29 is 9.90 Å². The maximum Gasteiger partial charge on any atom is 0.303 e. The summed E-state index contributed by atoms with van der Waals surface area (Å²) >= 11 is 5.91. The highest BCUT2D eigenvalue weighted by Crippen LogP contribution is 2.37. The average Bonchev–Trinajstić information content (AvgIpc) is 2.74. The van der Waals surface area contributed by atoms with Gasteiger partial charge in [0.15, 0.2) is 0 Å². The highest BCUT2D eigenvalue weighted by molar-refractivity contribution is 6.29. The predicted molar refractivity (Wildman–Crippen MR) is 126 cm³/mol. The fraction of sp³-hybridized carbons (Fsp3) is 0.542. The molecule has 6 nitrogen and oxygen atoms in total. The molecule has 3 rings (SSSR count). The van der Waals surface area contributed by atoms with Crippen molar-refractivity contribution in [2.45, 2.75) is 71.3 Å². The Labute approximate surface area is 190 Å². The van der Waals surface area contributed by atoms with Crippen LogP contribution in [0.15, 0.2) is 30.6 Å². The van der Waals surface area contributed by atoms with Crippen molar-refractivity contribution >= 4 is 34.8 Å². The van der Waals surface area contributed by atoms with Crippen molar-refractivity contribution in [1.29, 1.82) is 0 Å². The van der Waals surface area contributed by atoms with E-state index in [2.05, 4.69) is 52.2 Å². The van der Waals surface area contributed by atoms with E-state index in [-0.39, 0.29) is 12.3 Å². The van der Waals surface area contributed by atoms with Crippen LogP contribution in [0.5, 0.6) is 0 Å². The van der Waals surface area contributed by atoms with Crippen LogP contribution in [0.3, 0.4) is 0 Å². The molecule has 1 aliphatic carbocycles. The third kappa shape index (κ3) is 6.57. The quantitative estimate of drug-likeness (QED) is 0.476. The molecule has 1 aromatic heterocycles. The Morgan fingerprint density at radius 2 is 1.94 bits per heavy atom. The number of hydrogen-bond acceptors (Lipinski definition) is 5. The molecule has 1 saturated carbocycles. The van der Waals surface area contributed by atoms with E-state index in [4.69, 9.17) is 11.6 Å². The Bertz CT molecular complexity index is 866. The fourth-order valence-corrected chi connectivity index (χ4v) is 4.43. The zero-order chi connectivity index (χ0) is 22.4. The molecule has 0 radical (unpaired) electrons. The van der Waals surface area contributed by atoms with E-state index in [1.807, 2.05) is 6.92 Å². The van der Waals surface area contributed by atoms with Gasteiger partial charge in [-0.3, -0.25) is 4.79 Å². The molecule has 168 valence electrons. The molecule has 1 fully saturated rings. The first-order valence-corrected chi connectivity index (χ1v) is 11.6. The van der Waals surface area contributed by atoms with Gasteiger partial charge in [0.25, 0.3) is 0 Å². The van der Waals surface area contributed by atoms with Gasteiger partial charge < -0.3 is 15.3 Å². The first kappa shape index (κ1) is 23.3. The molecule has 0 saturated heterocycles. The molecule has 7 heteroatoms. The first-order valence-electron chi connectivity index (χ1n) is 11.2. The third-order valence-corrected chi connectivity index (χ3v) is 6.04. The lowest BCUT2D eigenvalue weighted by Gasteiger charge is -2.38. The summed E-state index contributed by atoms with van der Waals surface area (Å²) in [5.41, 5.74) is 3.05. The second-order valence-corrected chi connectivity index (χ2v) is 9.35. The first-order chi connectivity index (χ1) is 14.8. The van der Waals surface area contributed by atoms with Crippen molar-refractivity contribution in [3.8, 4) is 0 Å². The number of aromatic nitrogens is 2. The van der Waals surface area contributed by atoms with Gasteiger partial charge in [0.1, 0.15) is 11.0 Å². The summed E-state index contributed by atoms with van der Waals surface area (Å²) in [4.78, 5) is 22.3. The largest absolute Gasteiger partial charge is 0.481 e. The summed E-state index contributed by atoms with van der Waals surface area (Å²) < 4.78 is 0. The minimum atomic E-state index is -0.793. The average molecular weight is 445 g/mol. The number of anilines is 3. The van der Waals surface area contributed by atoms with Gasteiger partial charge in [0.05, 0.1) is 30.2 Å². The molecule has 0 amide bonds. The normalized spacial score (nSPS) is 15.6. The van der Waals surface area contributed by atoms with Gasteiger partial charge in [0, 0.05) is 12.6 Å². The summed E-state index contributed by atoms with van der Waals surface area (Å²) in [7, 11) is 0. The van der Waals surface area contributed by atoms with Crippen molar-refractivity contribution in [3.63, 3.8) is 0 Å². The maximum atomic E-state index is 11.2. The van der Waals surface area contributed by atoms with E-state index in [9.17, 15) is 9.90 Å². The molecule has 31 heavy (non-hydrogen) atoms. The number of hydrogen-bond donors (Lipinski definition) is 2. The smallest absolute Gasteiger partial charge is 0.303 e. The summed E-state index contributed by atoms with van der Waals surface area (Å²) in [5, 5.41) is 13.0. The number of benzene rings is 1. The highest BCUT2D eigenvalue weighted by Gasteiger charge is 2.25. The molecule has 1 heterocycles. The van der Waals surface area contributed by atoms with Crippen LogP contribution in [0.2, 0.25) is 5.15 Å². The Kier molecular flexibility index (Phi) is 8.13. The fourth-order valence-electron chi connectivity index (χ4n) is 4.34. The Morgan fingerprint density at radius 1 is 1.19 bits per heavy atom. The van der Waals surface area contributed by atoms with Gasteiger partial charge in [0.2, 0.25) is 0 Å². The molecular formula is C24H33ClN4O2. The SMILES string of the molecule is CC(C)CN(c1ccc(C(C)CC(=O)O)cc1Nc1cnc(Cl)cn1)C1CCCCC1. The van der Waals surface area contributed by atoms with Crippen LogP contribution in [0, 0.1) is 5.92 Å². The van der Waals surface area contributed by atoms with Crippen LogP contribution < -0.4 is 10.2 Å². The minimum Gasteiger partial charge on any atom is -0.481 e. The lowest BCUT2D eigenvalue weighted by molar-refractivity contribution is -0.137. The van der Waals surface area contributed by atoms with Crippen LogP contribution in [0.1, 0.15) is 70.8 Å². The van der Waals surface area contributed by atoms with E-state index in [1.165, 1.54) is 38.3 Å². The minimum absolute atomic E-state index is 0.0865. The second-order valence-electron chi connectivity index (χ2n) is 8.96. The molecular weight excluding hydrogens is 412 g/mol. The number of carbonyl (C=O) groups is 1. The van der Waals surface area contributed by atoms with E-state index in [1.54, 1.807) is 6.20 Å². The predicted octanol–water partition coefficient (Wildman–Crippen LogP) is 6.25. The van der Waals surface area contributed by atoms with E-state index in [0.717, 1.165) is 23.5 Å². The standard InChI is InChI=1S/C24H33ClN4O2/c1-16(2)15-29(19-7-5-4-6-8-19)21-10-9-18(17(3)11-24(30)31)12-20(21)28-23-14-26-22(25)13-27-23/h9-10,12-14,16-17,19H,4-8,11,15H2,1-3H3,(H,27,28)(H,30,31). The number of rotatable bonds is 9. The molecule has 1 atom stereocenters. The molecule has 0 bridgehead atoms. The van der Waals surface area contributed by atoms with Gasteiger partial charge in [-0.05, 0) is 42.4 Å². The van der Waals surface area contributed by atoms with Crippen molar-refractivity contribution in [1.82, 2.24) is 9.97 Å². The van der Waals surface area contributed by atoms with Crippen LogP contribution in [-0.2, 0) is 4.79 Å². The Morgan fingerprint density at radius 3 is 2.55 bits per heavy atom. The Balaban J connectivity index is 2.00. The van der Waals surface area contributed by atoms with Crippen molar-refractivity contribution in [2.24, 2.45) is 5.92 Å². The van der Waals surface area contributed by atoms with Crippen molar-refractivity contribution in [2.75, 3.05) is 16.8 Å². The summed E-state index contributed by atoms with van der Waals surface area (Å²) in [6.07, 6.45) is 9.46. The van der Waals surface area contributed by atoms with E-state index < -0.39 is 5.97 Å². The Hall–Kier alpha value is -2.34. The van der Waals surface area contributed by atoms with Crippen molar-refractivity contribution in [3.05, 3.63) is 41.3 Å². The number of nitrogens with one attached hydrogen (secondary N) is 1.